The Bertz CT molecular complexity index is 1510. The van der Waals surface area contributed by atoms with Gasteiger partial charge in [-0.3, -0.25) is 9.97 Å². The van der Waals surface area contributed by atoms with Gasteiger partial charge in [0.2, 0.25) is 0 Å². The fourth-order valence-corrected chi connectivity index (χ4v) is 6.71. The minimum atomic E-state index is -1.02. The van der Waals surface area contributed by atoms with E-state index in [1.165, 1.54) is 0 Å². The second-order valence-corrected chi connectivity index (χ2v) is 12.2. The van der Waals surface area contributed by atoms with Gasteiger partial charge in [0.05, 0.1) is 27.8 Å². The summed E-state index contributed by atoms with van der Waals surface area (Å²) >= 11 is 1.57. The van der Waals surface area contributed by atoms with Gasteiger partial charge in [0.1, 0.15) is 16.4 Å². The summed E-state index contributed by atoms with van der Waals surface area (Å²) in [5.41, 5.74) is 2.46. The Labute approximate surface area is 230 Å². The van der Waals surface area contributed by atoms with E-state index in [0.29, 0.717) is 35.3 Å². The first-order chi connectivity index (χ1) is 18.9. The largest absolute Gasteiger partial charge is 0.384 e. The first-order valence-corrected chi connectivity index (χ1v) is 14.4. The lowest BCUT2D eigenvalue weighted by atomic mass is 9.95. The molecule has 3 aliphatic heterocycles. The molecule has 11 heteroatoms. The summed E-state index contributed by atoms with van der Waals surface area (Å²) in [7, 11) is 0. The Morgan fingerprint density at radius 1 is 1.10 bits per heavy atom. The molecule has 39 heavy (non-hydrogen) atoms. The molecule has 0 amide bonds. The van der Waals surface area contributed by atoms with E-state index in [-0.39, 0.29) is 0 Å². The monoisotopic (exact) mass is 544 g/mol. The molecule has 0 unspecified atom stereocenters. The van der Waals surface area contributed by atoms with Crippen molar-refractivity contribution in [3.63, 3.8) is 0 Å². The zero-order valence-corrected chi connectivity index (χ0v) is 22.9. The Morgan fingerprint density at radius 2 is 1.97 bits per heavy atom. The number of fused-ring (bicyclic) bond motifs is 3. The standard InChI is InChI=1S/C28H32N8O2S/c1-28(2,37)22-9-17(3-6-29-22)27-33-20-11-23(31-13-21(20)39-27)34-24-14-32-25(16-4-7-38-8-5-16)26(35-24)36-15-18-10-19(36)12-30-18/h3,6,9,11,13-14,16,18-19,30,37H,4-5,7-8,10,12,15H2,1-2H3,(H,31,34,35)/t18-,19-/m0/s1. The molecule has 10 nitrogen and oxygen atoms in total. The van der Waals surface area contributed by atoms with E-state index in [0.717, 1.165) is 77.9 Å². The predicted molar refractivity (Wildman–Crippen MR) is 152 cm³/mol. The van der Waals surface area contributed by atoms with Crippen LogP contribution in [0.3, 0.4) is 0 Å². The highest BCUT2D eigenvalue weighted by Gasteiger charge is 2.40. The molecule has 3 aliphatic rings. The first kappa shape index (κ1) is 24.8. The number of pyridine rings is 2. The van der Waals surface area contributed by atoms with E-state index < -0.39 is 5.60 Å². The van der Waals surface area contributed by atoms with Gasteiger partial charge >= 0.3 is 0 Å². The maximum absolute atomic E-state index is 10.4. The highest BCUT2D eigenvalue weighted by atomic mass is 32.1. The normalized spacial score (nSPS) is 21.7. The van der Waals surface area contributed by atoms with Crippen molar-refractivity contribution in [2.24, 2.45) is 0 Å². The molecule has 0 spiro atoms. The molecule has 2 atom stereocenters. The number of aliphatic hydroxyl groups is 1. The van der Waals surface area contributed by atoms with Crippen molar-refractivity contribution >= 4 is 39.0 Å². The van der Waals surface area contributed by atoms with Crippen LogP contribution in [0, 0.1) is 0 Å². The third-order valence-electron chi connectivity index (χ3n) is 7.88. The number of thiazole rings is 1. The zero-order chi connectivity index (χ0) is 26.6. The number of nitrogens with zero attached hydrogens (tertiary/aromatic N) is 6. The third kappa shape index (κ3) is 4.84. The number of piperazine rings is 1. The van der Waals surface area contributed by atoms with Crippen LogP contribution in [-0.4, -0.2) is 68.4 Å². The molecule has 3 saturated heterocycles. The average Bonchev–Trinajstić information content (AvgIpc) is 3.69. The van der Waals surface area contributed by atoms with E-state index in [9.17, 15) is 5.11 Å². The van der Waals surface area contributed by atoms with Crippen molar-refractivity contribution in [1.29, 1.82) is 0 Å². The molecule has 3 N–H and O–H groups in total. The minimum Gasteiger partial charge on any atom is -0.384 e. The Morgan fingerprint density at radius 3 is 2.74 bits per heavy atom. The van der Waals surface area contributed by atoms with Crippen molar-refractivity contribution in [3.8, 4) is 10.6 Å². The molecule has 4 aromatic heterocycles. The maximum atomic E-state index is 10.4. The maximum Gasteiger partial charge on any atom is 0.153 e. The van der Waals surface area contributed by atoms with Gasteiger partial charge in [-0.25, -0.2) is 15.0 Å². The van der Waals surface area contributed by atoms with Gasteiger partial charge in [-0.1, -0.05) is 0 Å². The van der Waals surface area contributed by atoms with E-state index in [2.05, 4.69) is 25.5 Å². The number of aromatic nitrogens is 5. The van der Waals surface area contributed by atoms with Crippen LogP contribution in [-0.2, 0) is 10.3 Å². The SMILES string of the molecule is CC(C)(O)c1cc(-c2nc3cc(Nc4cnc(C5CCOCC5)c(N5C[C@@H]6C[C@H]5CN6)n4)ncc3s2)ccn1. The lowest BCUT2D eigenvalue weighted by Gasteiger charge is -2.32. The molecular formula is C28H32N8O2S. The number of hydrogen-bond donors (Lipinski definition) is 3. The second kappa shape index (κ2) is 9.74. The lowest BCUT2D eigenvalue weighted by molar-refractivity contribution is 0.0739. The summed E-state index contributed by atoms with van der Waals surface area (Å²) in [6.45, 7) is 6.98. The fourth-order valence-electron chi connectivity index (χ4n) is 5.80. The topological polar surface area (TPSA) is 121 Å². The summed E-state index contributed by atoms with van der Waals surface area (Å²) in [6, 6.07) is 6.74. The number of rotatable bonds is 6. The summed E-state index contributed by atoms with van der Waals surface area (Å²) in [4.78, 5) is 26.3. The van der Waals surface area contributed by atoms with Gasteiger partial charge in [0, 0.05) is 68.3 Å². The fraction of sp³-hybridized carbons (Fsp3) is 0.464. The first-order valence-electron chi connectivity index (χ1n) is 13.6. The molecular weight excluding hydrogens is 512 g/mol. The van der Waals surface area contributed by atoms with Crippen LogP contribution in [0.15, 0.2) is 36.8 Å². The number of ether oxygens (including phenoxy) is 1. The molecule has 7 rings (SSSR count). The van der Waals surface area contributed by atoms with Crippen molar-refractivity contribution in [2.75, 3.05) is 36.5 Å². The van der Waals surface area contributed by atoms with E-state index in [1.807, 2.05) is 30.6 Å². The summed E-state index contributed by atoms with van der Waals surface area (Å²) < 4.78 is 6.60. The van der Waals surface area contributed by atoms with Crippen LogP contribution in [0.1, 0.15) is 50.4 Å². The van der Waals surface area contributed by atoms with Crippen LogP contribution in [0.5, 0.6) is 0 Å². The molecule has 3 fully saturated rings. The highest BCUT2D eigenvalue weighted by molar-refractivity contribution is 7.21. The second-order valence-electron chi connectivity index (χ2n) is 11.2. The number of nitrogens with one attached hydrogen (secondary N) is 2. The van der Waals surface area contributed by atoms with E-state index in [4.69, 9.17) is 19.7 Å². The Balaban J connectivity index is 1.18. The van der Waals surface area contributed by atoms with Gasteiger partial charge in [0.25, 0.3) is 0 Å². The van der Waals surface area contributed by atoms with Crippen LogP contribution < -0.4 is 15.5 Å². The average molecular weight is 545 g/mol. The van der Waals surface area contributed by atoms with Gasteiger partial charge < -0.3 is 25.4 Å². The number of anilines is 3. The van der Waals surface area contributed by atoms with Gasteiger partial charge in [0.15, 0.2) is 11.6 Å². The molecule has 0 aromatic carbocycles. The third-order valence-corrected chi connectivity index (χ3v) is 8.94. The van der Waals surface area contributed by atoms with Gasteiger partial charge in [-0.2, -0.15) is 0 Å². The van der Waals surface area contributed by atoms with Crippen LogP contribution in [0.2, 0.25) is 0 Å². The predicted octanol–water partition coefficient (Wildman–Crippen LogP) is 3.96. The van der Waals surface area contributed by atoms with Crippen molar-refractivity contribution < 1.29 is 9.84 Å². The zero-order valence-electron chi connectivity index (χ0n) is 22.1. The van der Waals surface area contributed by atoms with Crippen LogP contribution in [0.25, 0.3) is 20.8 Å². The molecule has 4 aromatic rings. The summed E-state index contributed by atoms with van der Waals surface area (Å²) in [5.74, 6) is 2.73. The molecule has 7 heterocycles. The van der Waals surface area contributed by atoms with E-state index in [1.54, 1.807) is 31.4 Å². The van der Waals surface area contributed by atoms with Crippen LogP contribution >= 0.6 is 11.3 Å². The minimum absolute atomic E-state index is 0.371. The molecule has 0 saturated carbocycles. The van der Waals surface area contributed by atoms with Crippen molar-refractivity contribution in [2.45, 2.75) is 56.7 Å². The molecule has 0 radical (unpaired) electrons. The Kier molecular flexibility index (Phi) is 6.19. The smallest absolute Gasteiger partial charge is 0.153 e. The summed E-state index contributed by atoms with van der Waals surface area (Å²) in [6.07, 6.45) is 8.50. The van der Waals surface area contributed by atoms with Crippen LogP contribution in [0.4, 0.5) is 17.5 Å². The van der Waals surface area contributed by atoms with Gasteiger partial charge in [-0.15, -0.1) is 11.3 Å². The van der Waals surface area contributed by atoms with Crippen molar-refractivity contribution in [3.05, 3.63) is 48.2 Å². The Hall–Kier alpha value is -3.25. The summed E-state index contributed by atoms with van der Waals surface area (Å²) in [5, 5.41) is 18.2. The molecule has 202 valence electrons. The van der Waals surface area contributed by atoms with E-state index >= 15 is 0 Å². The highest BCUT2D eigenvalue weighted by Crippen LogP contribution is 2.37. The lowest BCUT2D eigenvalue weighted by Crippen LogP contribution is -2.44. The quantitative estimate of drug-likeness (QED) is 0.329. The molecule has 2 bridgehead atoms. The molecule has 0 aliphatic carbocycles. The number of hydrogen-bond acceptors (Lipinski definition) is 11. The van der Waals surface area contributed by atoms with Gasteiger partial charge in [-0.05, 0) is 45.2 Å². The van der Waals surface area contributed by atoms with Crippen molar-refractivity contribution in [1.82, 2.24) is 30.2 Å².